The van der Waals surface area contributed by atoms with E-state index in [9.17, 15) is 33.0 Å². The van der Waals surface area contributed by atoms with Gasteiger partial charge in [-0.15, -0.1) is 13.2 Å². The fourth-order valence-electron chi connectivity index (χ4n) is 1.59. The highest BCUT2D eigenvalue weighted by Crippen LogP contribution is 2.29. The van der Waals surface area contributed by atoms with Crippen molar-refractivity contribution >= 4 is 23.2 Å². The van der Waals surface area contributed by atoms with Crippen molar-refractivity contribution in [2.24, 2.45) is 0 Å². The first kappa shape index (κ1) is 18.5. The third-order valence-electron chi connectivity index (χ3n) is 2.48. The molecule has 0 aliphatic heterocycles. The Morgan fingerprint density at radius 2 is 2.00 bits per heavy atom. The van der Waals surface area contributed by atoms with E-state index in [1.54, 1.807) is 0 Å². The van der Waals surface area contributed by atoms with Gasteiger partial charge in [0.25, 0.3) is 0 Å². The summed E-state index contributed by atoms with van der Waals surface area (Å²) in [5, 5.41) is 19.4. The lowest BCUT2D eigenvalue weighted by Gasteiger charge is -2.19. The molecule has 22 heavy (non-hydrogen) atoms. The van der Waals surface area contributed by atoms with Crippen molar-refractivity contribution < 1.29 is 37.7 Å². The Morgan fingerprint density at radius 3 is 2.50 bits per heavy atom. The molecule has 0 spiro atoms. The SMILES string of the molecule is CC(=O)SCC(O)C(O)c1cc(C=O)cc(OC(F)(F)F)c1. The molecular formula is C13H13F3O5S. The highest BCUT2D eigenvalue weighted by Gasteiger charge is 2.32. The van der Waals surface area contributed by atoms with E-state index in [1.165, 1.54) is 6.92 Å². The highest BCUT2D eigenvalue weighted by molar-refractivity contribution is 8.13. The highest BCUT2D eigenvalue weighted by atomic mass is 32.2. The molecule has 122 valence electrons. The lowest BCUT2D eigenvalue weighted by atomic mass is 10.0. The van der Waals surface area contributed by atoms with E-state index in [1.807, 2.05) is 0 Å². The minimum absolute atomic E-state index is 0.125. The zero-order valence-corrected chi connectivity index (χ0v) is 12.1. The standard InChI is InChI=1S/C13H13F3O5S/c1-7(18)22-6-11(19)12(20)9-2-8(5-17)3-10(4-9)21-13(14,15)16/h2-5,11-12,19-20H,6H2,1H3. The number of thioether (sulfide) groups is 1. The van der Waals surface area contributed by atoms with Crippen molar-refractivity contribution in [3.63, 3.8) is 0 Å². The molecule has 9 heteroatoms. The largest absolute Gasteiger partial charge is 0.573 e. The van der Waals surface area contributed by atoms with E-state index >= 15 is 0 Å². The molecule has 0 saturated heterocycles. The molecule has 1 rings (SSSR count). The van der Waals surface area contributed by atoms with Gasteiger partial charge in [-0.1, -0.05) is 11.8 Å². The van der Waals surface area contributed by atoms with Crippen molar-refractivity contribution in [3.8, 4) is 5.75 Å². The lowest BCUT2D eigenvalue weighted by Crippen LogP contribution is -2.22. The monoisotopic (exact) mass is 338 g/mol. The molecule has 2 atom stereocenters. The van der Waals surface area contributed by atoms with Gasteiger partial charge in [-0.05, 0) is 23.8 Å². The van der Waals surface area contributed by atoms with Gasteiger partial charge in [-0.2, -0.15) is 0 Å². The molecule has 0 radical (unpaired) electrons. The lowest BCUT2D eigenvalue weighted by molar-refractivity contribution is -0.274. The van der Waals surface area contributed by atoms with Gasteiger partial charge in [0, 0.05) is 18.2 Å². The van der Waals surface area contributed by atoms with Crippen LogP contribution in [0.2, 0.25) is 0 Å². The molecular weight excluding hydrogens is 325 g/mol. The summed E-state index contributed by atoms with van der Waals surface area (Å²) in [6.45, 7) is 1.27. The summed E-state index contributed by atoms with van der Waals surface area (Å²) >= 11 is 0.757. The Labute approximate surface area is 128 Å². The zero-order chi connectivity index (χ0) is 16.9. The Kier molecular flexibility index (Phi) is 6.39. The molecule has 0 fully saturated rings. The Hall–Kier alpha value is -1.58. The second-order valence-electron chi connectivity index (χ2n) is 4.32. The van der Waals surface area contributed by atoms with Gasteiger partial charge in [0.05, 0.1) is 6.10 Å². The van der Waals surface area contributed by atoms with E-state index in [0.717, 1.165) is 30.0 Å². The van der Waals surface area contributed by atoms with Crippen molar-refractivity contribution in [3.05, 3.63) is 29.3 Å². The number of halogens is 3. The number of aldehydes is 1. The normalized spacial score (nSPS) is 14.3. The van der Waals surface area contributed by atoms with Crippen LogP contribution in [0.3, 0.4) is 0 Å². The van der Waals surface area contributed by atoms with E-state index in [-0.39, 0.29) is 28.3 Å². The van der Waals surface area contributed by atoms with E-state index in [2.05, 4.69) is 4.74 Å². The van der Waals surface area contributed by atoms with Crippen LogP contribution in [0.1, 0.15) is 28.9 Å². The van der Waals surface area contributed by atoms with Gasteiger partial charge in [-0.3, -0.25) is 9.59 Å². The summed E-state index contributed by atoms with van der Waals surface area (Å²) < 4.78 is 40.3. The van der Waals surface area contributed by atoms with Gasteiger partial charge in [-0.25, -0.2) is 0 Å². The van der Waals surface area contributed by atoms with Crippen LogP contribution in [0.15, 0.2) is 18.2 Å². The topological polar surface area (TPSA) is 83.8 Å². The van der Waals surface area contributed by atoms with Crippen molar-refractivity contribution in [2.75, 3.05) is 5.75 Å². The minimum atomic E-state index is -4.95. The van der Waals surface area contributed by atoms with Crippen LogP contribution < -0.4 is 4.74 Å². The van der Waals surface area contributed by atoms with Crippen LogP contribution in [-0.4, -0.2) is 39.8 Å². The number of carbonyl (C=O) groups is 2. The smallest absolute Gasteiger partial charge is 0.406 e. The number of hydrogen-bond donors (Lipinski definition) is 2. The quantitative estimate of drug-likeness (QED) is 0.773. The molecule has 0 amide bonds. The van der Waals surface area contributed by atoms with Gasteiger partial charge in [0.1, 0.15) is 18.1 Å². The van der Waals surface area contributed by atoms with E-state index < -0.39 is 24.3 Å². The number of hydrogen-bond acceptors (Lipinski definition) is 6. The fraction of sp³-hybridized carbons (Fsp3) is 0.385. The van der Waals surface area contributed by atoms with Crippen LogP contribution in [0, 0.1) is 0 Å². The average molecular weight is 338 g/mol. The summed E-state index contributed by atoms with van der Waals surface area (Å²) in [7, 11) is 0. The fourth-order valence-corrected chi connectivity index (χ4v) is 2.18. The molecule has 1 aromatic rings. The first-order chi connectivity index (χ1) is 10.1. The minimum Gasteiger partial charge on any atom is -0.406 e. The van der Waals surface area contributed by atoms with Crippen LogP contribution in [0.5, 0.6) is 5.75 Å². The number of alkyl halides is 3. The molecule has 5 nitrogen and oxygen atoms in total. The van der Waals surface area contributed by atoms with Crippen molar-refractivity contribution in [1.82, 2.24) is 0 Å². The first-order valence-corrected chi connectivity index (χ1v) is 6.96. The molecule has 1 aromatic carbocycles. The van der Waals surface area contributed by atoms with Crippen LogP contribution in [0.4, 0.5) is 13.2 Å². The van der Waals surface area contributed by atoms with Gasteiger partial charge >= 0.3 is 6.36 Å². The summed E-state index contributed by atoms with van der Waals surface area (Å²) in [6, 6.07) is 2.85. The van der Waals surface area contributed by atoms with Crippen LogP contribution >= 0.6 is 11.8 Å². The van der Waals surface area contributed by atoms with Gasteiger partial charge < -0.3 is 14.9 Å². The number of carbonyl (C=O) groups excluding carboxylic acids is 2. The molecule has 0 saturated carbocycles. The third kappa shape index (κ3) is 6.04. The summed E-state index contributed by atoms with van der Waals surface area (Å²) in [4.78, 5) is 21.6. The maximum Gasteiger partial charge on any atom is 0.573 e. The summed E-state index contributed by atoms with van der Waals surface area (Å²) in [6.07, 6.45) is -7.62. The van der Waals surface area contributed by atoms with Gasteiger partial charge in [0.15, 0.2) is 5.12 Å². The Balaban J connectivity index is 2.99. The van der Waals surface area contributed by atoms with Crippen LogP contribution in [0.25, 0.3) is 0 Å². The average Bonchev–Trinajstić information content (AvgIpc) is 2.41. The predicted molar refractivity (Wildman–Crippen MR) is 72.6 cm³/mol. The molecule has 0 aliphatic carbocycles. The number of benzene rings is 1. The maximum absolute atomic E-state index is 12.2. The first-order valence-electron chi connectivity index (χ1n) is 5.98. The summed E-state index contributed by atoms with van der Waals surface area (Å²) in [5.41, 5.74) is -0.275. The number of aliphatic hydroxyl groups excluding tert-OH is 2. The molecule has 0 bridgehead atoms. The molecule has 0 aromatic heterocycles. The van der Waals surface area contributed by atoms with Crippen molar-refractivity contribution in [2.45, 2.75) is 25.5 Å². The Bertz CT molecular complexity index is 547. The second kappa shape index (κ2) is 7.61. The van der Waals surface area contributed by atoms with Crippen molar-refractivity contribution in [1.29, 1.82) is 0 Å². The third-order valence-corrected chi connectivity index (χ3v) is 3.40. The molecule has 2 N–H and O–H groups in total. The van der Waals surface area contributed by atoms with E-state index in [0.29, 0.717) is 0 Å². The number of rotatable bonds is 6. The summed E-state index contributed by atoms with van der Waals surface area (Å²) in [5.74, 6) is -0.824. The maximum atomic E-state index is 12.2. The number of ether oxygens (including phenoxy) is 1. The molecule has 0 heterocycles. The Morgan fingerprint density at radius 1 is 1.36 bits per heavy atom. The van der Waals surface area contributed by atoms with Gasteiger partial charge in [0.2, 0.25) is 0 Å². The molecule has 0 aliphatic rings. The number of aliphatic hydroxyl groups is 2. The molecule has 2 unspecified atom stereocenters. The zero-order valence-electron chi connectivity index (χ0n) is 11.3. The predicted octanol–water partition coefficient (Wildman–Crippen LogP) is 2.07. The van der Waals surface area contributed by atoms with E-state index in [4.69, 9.17) is 0 Å². The second-order valence-corrected chi connectivity index (χ2v) is 5.51. The van der Waals surface area contributed by atoms with Crippen LogP contribution in [-0.2, 0) is 4.79 Å².